The molecule has 0 aromatic heterocycles. The average Bonchev–Trinajstić information content (AvgIpc) is 2.61. The minimum absolute atomic E-state index is 0.0859. The molecule has 0 fully saturated rings. The number of carbonyl (C=O) groups excluding carboxylic acids is 1. The Hall–Kier alpha value is -2.57. The summed E-state index contributed by atoms with van der Waals surface area (Å²) in [6.45, 7) is 4.84. The maximum atomic E-state index is 11.7. The Morgan fingerprint density at radius 1 is 1.35 bits per heavy atom. The summed E-state index contributed by atoms with van der Waals surface area (Å²) in [4.78, 5) is 22.1. The predicted octanol–water partition coefficient (Wildman–Crippen LogP) is 3.21. The van der Waals surface area contributed by atoms with Crippen molar-refractivity contribution in [1.29, 1.82) is 0 Å². The maximum absolute atomic E-state index is 11.7. The minimum atomic E-state index is -1.44. The molecule has 1 aliphatic heterocycles. The molecule has 104 valence electrons. The summed E-state index contributed by atoms with van der Waals surface area (Å²) in [6.07, 6.45) is 1.32. The first kappa shape index (κ1) is 13.9. The van der Waals surface area contributed by atoms with Crippen LogP contribution in [0, 0.1) is 17.0 Å². The fourth-order valence-electron chi connectivity index (χ4n) is 1.79. The lowest BCUT2D eigenvalue weighted by molar-refractivity contribution is -0.384. The molecule has 7 heteroatoms. The Morgan fingerprint density at radius 2 is 2.05 bits per heavy atom. The van der Waals surface area contributed by atoms with Gasteiger partial charge < -0.3 is 4.74 Å². The number of nitrogens with zero attached hydrogens (tertiary/aromatic N) is 3. The van der Waals surface area contributed by atoms with Crippen molar-refractivity contribution in [3.63, 3.8) is 0 Å². The number of azo groups is 1. The van der Waals surface area contributed by atoms with Crippen molar-refractivity contribution in [3.8, 4) is 0 Å². The van der Waals surface area contributed by atoms with E-state index in [1.807, 2.05) is 0 Å². The molecule has 0 N–H and O–H groups in total. The highest BCUT2D eigenvalue weighted by molar-refractivity contribution is 5.98. The summed E-state index contributed by atoms with van der Waals surface area (Å²) in [6, 6.07) is 4.57. The van der Waals surface area contributed by atoms with Crippen LogP contribution in [-0.4, -0.2) is 16.4 Å². The summed E-state index contributed by atoms with van der Waals surface area (Å²) in [5, 5.41) is 18.6. The van der Waals surface area contributed by atoms with Crippen LogP contribution in [0.2, 0.25) is 0 Å². The first-order chi connectivity index (χ1) is 9.32. The quantitative estimate of drug-likeness (QED) is 0.480. The summed E-state index contributed by atoms with van der Waals surface area (Å²) in [7, 11) is 0. The smallest absolute Gasteiger partial charge is 0.296 e. The molecule has 1 aromatic rings. The van der Waals surface area contributed by atoms with Crippen molar-refractivity contribution in [3.05, 3.63) is 45.7 Å². The fourth-order valence-corrected chi connectivity index (χ4v) is 1.79. The number of nitro groups is 1. The number of hydrogen-bond donors (Lipinski definition) is 0. The third-order valence-electron chi connectivity index (χ3n) is 2.83. The van der Waals surface area contributed by atoms with E-state index in [9.17, 15) is 14.9 Å². The molecule has 0 spiro atoms. The van der Waals surface area contributed by atoms with Gasteiger partial charge in [0.2, 0.25) is 5.78 Å². The Bertz CT molecular complexity index is 651. The maximum Gasteiger partial charge on any atom is 0.296 e. The summed E-state index contributed by atoms with van der Waals surface area (Å²) < 4.78 is 5.29. The van der Waals surface area contributed by atoms with Gasteiger partial charge in [-0.3, -0.25) is 14.9 Å². The third kappa shape index (κ3) is 2.56. The van der Waals surface area contributed by atoms with E-state index >= 15 is 0 Å². The standard InChI is InChI=1S/C13H13N3O4/c1-8-4-5-10(11(6-8)16(18)19)14-15-13(3)12(17)7-9(2)20-13/h4-7H,1-3H3. The molecular weight excluding hydrogens is 262 g/mol. The van der Waals surface area contributed by atoms with Crippen LogP contribution in [-0.2, 0) is 9.53 Å². The van der Waals surface area contributed by atoms with Crippen molar-refractivity contribution < 1.29 is 14.5 Å². The Morgan fingerprint density at radius 3 is 2.60 bits per heavy atom. The van der Waals surface area contributed by atoms with Gasteiger partial charge in [-0.1, -0.05) is 6.07 Å². The third-order valence-corrected chi connectivity index (χ3v) is 2.83. The molecule has 20 heavy (non-hydrogen) atoms. The van der Waals surface area contributed by atoms with Crippen LogP contribution < -0.4 is 0 Å². The SMILES string of the molecule is CC1=CC(=O)C(C)(N=Nc2ccc(C)cc2[N+](=O)[O-])O1. The lowest BCUT2D eigenvalue weighted by Crippen LogP contribution is -2.29. The van der Waals surface area contributed by atoms with E-state index in [2.05, 4.69) is 10.2 Å². The second-order valence-corrected chi connectivity index (χ2v) is 4.65. The topological polar surface area (TPSA) is 94.2 Å². The number of aryl methyl sites for hydroxylation is 1. The van der Waals surface area contributed by atoms with E-state index in [4.69, 9.17) is 4.74 Å². The number of benzene rings is 1. The molecule has 1 aromatic carbocycles. The van der Waals surface area contributed by atoms with Gasteiger partial charge in [0.05, 0.1) is 4.92 Å². The second kappa shape index (κ2) is 4.84. The molecule has 2 rings (SSSR count). The summed E-state index contributed by atoms with van der Waals surface area (Å²) in [5.74, 6) is 0.100. The number of nitro benzene ring substituents is 1. The zero-order valence-corrected chi connectivity index (χ0v) is 11.3. The molecule has 7 nitrogen and oxygen atoms in total. The molecule has 0 radical (unpaired) electrons. The zero-order valence-electron chi connectivity index (χ0n) is 11.3. The van der Waals surface area contributed by atoms with Gasteiger partial charge in [0, 0.05) is 19.1 Å². The van der Waals surface area contributed by atoms with E-state index in [1.54, 1.807) is 19.9 Å². The van der Waals surface area contributed by atoms with Gasteiger partial charge in [0.25, 0.3) is 11.4 Å². The summed E-state index contributed by atoms with van der Waals surface area (Å²) >= 11 is 0. The molecule has 0 amide bonds. The van der Waals surface area contributed by atoms with E-state index in [0.717, 1.165) is 5.56 Å². The number of ketones is 1. The van der Waals surface area contributed by atoms with Crippen molar-refractivity contribution in [2.75, 3.05) is 0 Å². The largest absolute Gasteiger partial charge is 0.462 e. The molecular formula is C13H13N3O4. The van der Waals surface area contributed by atoms with E-state index in [0.29, 0.717) is 5.76 Å². The molecule has 1 unspecified atom stereocenters. The Kier molecular flexibility index (Phi) is 3.35. The second-order valence-electron chi connectivity index (χ2n) is 4.65. The Labute approximate surface area is 115 Å². The van der Waals surface area contributed by atoms with Gasteiger partial charge in [-0.25, -0.2) is 0 Å². The van der Waals surface area contributed by atoms with Gasteiger partial charge in [-0.05, 0) is 25.5 Å². The molecule has 0 bridgehead atoms. The van der Waals surface area contributed by atoms with Crippen molar-refractivity contribution in [2.45, 2.75) is 26.5 Å². The summed E-state index contributed by atoms with van der Waals surface area (Å²) in [5.41, 5.74) is -0.772. The van der Waals surface area contributed by atoms with Crippen LogP contribution in [0.25, 0.3) is 0 Å². The van der Waals surface area contributed by atoms with Crippen LogP contribution in [0.3, 0.4) is 0 Å². The van der Waals surface area contributed by atoms with Crippen LogP contribution in [0.1, 0.15) is 19.4 Å². The monoisotopic (exact) mass is 275 g/mol. The molecule has 0 saturated heterocycles. The number of ether oxygens (including phenoxy) is 1. The first-order valence-electron chi connectivity index (χ1n) is 5.91. The zero-order chi connectivity index (χ0) is 14.9. The van der Waals surface area contributed by atoms with E-state index in [-0.39, 0.29) is 17.2 Å². The highest BCUT2D eigenvalue weighted by atomic mass is 16.6. The normalized spacial score (nSPS) is 21.9. The number of carbonyl (C=O) groups is 1. The Balaban J connectivity index is 2.33. The molecule has 1 aliphatic rings. The predicted molar refractivity (Wildman–Crippen MR) is 70.6 cm³/mol. The molecule has 0 saturated carbocycles. The van der Waals surface area contributed by atoms with Gasteiger partial charge >= 0.3 is 0 Å². The highest BCUT2D eigenvalue weighted by Crippen LogP contribution is 2.32. The van der Waals surface area contributed by atoms with Crippen LogP contribution >= 0.6 is 0 Å². The van der Waals surface area contributed by atoms with Crippen LogP contribution in [0.4, 0.5) is 11.4 Å². The highest BCUT2D eigenvalue weighted by Gasteiger charge is 2.39. The van der Waals surface area contributed by atoms with Gasteiger partial charge in [0.1, 0.15) is 5.76 Å². The lowest BCUT2D eigenvalue weighted by Gasteiger charge is -2.16. The van der Waals surface area contributed by atoms with E-state index in [1.165, 1.54) is 25.1 Å². The number of allylic oxidation sites excluding steroid dienone is 1. The van der Waals surface area contributed by atoms with E-state index < -0.39 is 10.6 Å². The van der Waals surface area contributed by atoms with Gasteiger partial charge in [-0.2, -0.15) is 0 Å². The first-order valence-corrected chi connectivity index (χ1v) is 5.91. The molecule has 0 aliphatic carbocycles. The number of hydrogen-bond acceptors (Lipinski definition) is 6. The van der Waals surface area contributed by atoms with Crippen molar-refractivity contribution in [1.82, 2.24) is 0 Å². The molecule has 1 atom stereocenters. The average molecular weight is 275 g/mol. The molecule has 1 heterocycles. The van der Waals surface area contributed by atoms with Crippen LogP contribution in [0.15, 0.2) is 40.3 Å². The lowest BCUT2D eigenvalue weighted by atomic mass is 10.2. The number of rotatable bonds is 3. The fraction of sp³-hybridized carbons (Fsp3) is 0.308. The minimum Gasteiger partial charge on any atom is -0.462 e. The van der Waals surface area contributed by atoms with Crippen molar-refractivity contribution in [2.24, 2.45) is 10.2 Å². The van der Waals surface area contributed by atoms with Crippen LogP contribution in [0.5, 0.6) is 0 Å². The van der Waals surface area contributed by atoms with Gasteiger partial charge in [0.15, 0.2) is 5.69 Å². The van der Waals surface area contributed by atoms with Gasteiger partial charge in [-0.15, -0.1) is 10.2 Å². The van der Waals surface area contributed by atoms with Crippen molar-refractivity contribution >= 4 is 17.2 Å².